The molecule has 1 N–H and O–H groups in total. The highest BCUT2D eigenvalue weighted by Crippen LogP contribution is 2.55. The molecule has 5 nitrogen and oxygen atoms in total. The van der Waals surface area contributed by atoms with Crippen LogP contribution < -0.4 is 14.8 Å². The Balaban J connectivity index is 1.30. The number of aromatic nitrogens is 1. The molecule has 4 fully saturated rings. The molecule has 4 aliphatic rings. The van der Waals surface area contributed by atoms with E-state index in [0.29, 0.717) is 5.54 Å². The lowest BCUT2D eigenvalue weighted by Gasteiger charge is -2.57. The van der Waals surface area contributed by atoms with Crippen molar-refractivity contribution in [3.05, 3.63) is 30.0 Å². The third-order valence-corrected chi connectivity index (χ3v) is 6.92. The smallest absolute Gasteiger partial charge is 0.170 e. The Kier molecular flexibility index (Phi) is 4.15. The molecule has 0 radical (unpaired) electrons. The highest BCUT2D eigenvalue weighted by atomic mass is 16.5. The van der Waals surface area contributed by atoms with E-state index in [1.807, 2.05) is 24.3 Å². The number of nitrogens with zero attached hydrogens (tertiary/aromatic N) is 1. The Morgan fingerprint density at radius 1 is 1.04 bits per heavy atom. The van der Waals surface area contributed by atoms with Crippen molar-refractivity contribution in [2.24, 2.45) is 17.8 Å². The summed E-state index contributed by atoms with van der Waals surface area (Å²) in [5.74, 6) is 5.06. The fourth-order valence-corrected chi connectivity index (χ4v) is 6.13. The molecular weight excluding hydrogens is 340 g/mol. The lowest BCUT2D eigenvalue weighted by Crippen LogP contribution is -2.58. The van der Waals surface area contributed by atoms with Crippen LogP contribution in [0.25, 0.3) is 11.3 Å². The van der Waals surface area contributed by atoms with Crippen molar-refractivity contribution in [1.29, 1.82) is 0 Å². The third-order valence-electron chi connectivity index (χ3n) is 6.92. The molecule has 1 heterocycles. The van der Waals surface area contributed by atoms with E-state index in [4.69, 9.17) is 14.0 Å². The zero-order chi connectivity index (χ0) is 18.4. The average molecular weight is 368 g/mol. The second-order valence-corrected chi connectivity index (χ2v) is 8.80. The maximum Gasteiger partial charge on any atom is 0.170 e. The van der Waals surface area contributed by atoms with Crippen LogP contribution in [0.2, 0.25) is 0 Å². The van der Waals surface area contributed by atoms with E-state index < -0.39 is 0 Å². The van der Waals surface area contributed by atoms with Crippen molar-refractivity contribution >= 4 is 0 Å². The minimum atomic E-state index is 0.339. The summed E-state index contributed by atoms with van der Waals surface area (Å²) >= 11 is 0. The number of benzene rings is 1. The van der Waals surface area contributed by atoms with Crippen molar-refractivity contribution in [2.45, 2.75) is 50.6 Å². The Bertz CT molecular complexity index is 793. The molecule has 4 aliphatic carbocycles. The van der Waals surface area contributed by atoms with Gasteiger partial charge in [0.05, 0.1) is 25.5 Å². The number of rotatable bonds is 6. The van der Waals surface area contributed by atoms with Crippen molar-refractivity contribution in [1.82, 2.24) is 10.5 Å². The van der Waals surface area contributed by atoms with Gasteiger partial charge in [0, 0.05) is 24.2 Å². The Labute approximate surface area is 160 Å². The molecule has 0 aliphatic heterocycles. The van der Waals surface area contributed by atoms with E-state index in [2.05, 4.69) is 10.5 Å². The first-order chi connectivity index (χ1) is 13.2. The van der Waals surface area contributed by atoms with E-state index in [1.165, 1.54) is 38.5 Å². The van der Waals surface area contributed by atoms with E-state index in [0.717, 1.165) is 52.8 Å². The Hall–Kier alpha value is -2.01. The summed E-state index contributed by atoms with van der Waals surface area (Å²) in [5.41, 5.74) is 2.19. The first kappa shape index (κ1) is 17.1. The minimum Gasteiger partial charge on any atom is -0.497 e. The third kappa shape index (κ3) is 3.12. The lowest BCUT2D eigenvalue weighted by atomic mass is 9.53. The van der Waals surface area contributed by atoms with Crippen molar-refractivity contribution in [2.75, 3.05) is 14.2 Å². The number of hydrogen-bond acceptors (Lipinski definition) is 5. The fourth-order valence-electron chi connectivity index (χ4n) is 6.13. The highest BCUT2D eigenvalue weighted by Gasteiger charge is 2.50. The number of methoxy groups -OCH3 is 2. The van der Waals surface area contributed by atoms with Gasteiger partial charge in [-0.05, 0) is 68.4 Å². The van der Waals surface area contributed by atoms with Crippen LogP contribution in [0.5, 0.6) is 11.5 Å². The summed E-state index contributed by atoms with van der Waals surface area (Å²) in [6, 6.07) is 7.76. The second kappa shape index (κ2) is 6.55. The van der Waals surface area contributed by atoms with E-state index >= 15 is 0 Å². The summed E-state index contributed by atoms with van der Waals surface area (Å²) in [6.07, 6.45) is 8.42. The number of hydrogen-bond donors (Lipinski definition) is 1. The molecule has 0 amide bonds. The molecule has 27 heavy (non-hydrogen) atoms. The van der Waals surface area contributed by atoms with Gasteiger partial charge in [-0.1, -0.05) is 5.16 Å². The molecule has 1 aromatic heterocycles. The monoisotopic (exact) mass is 368 g/mol. The van der Waals surface area contributed by atoms with Crippen LogP contribution in [0.1, 0.15) is 44.2 Å². The molecule has 0 atom stereocenters. The van der Waals surface area contributed by atoms with Crippen LogP contribution >= 0.6 is 0 Å². The molecule has 0 spiro atoms. The zero-order valence-electron chi connectivity index (χ0n) is 16.2. The van der Waals surface area contributed by atoms with Crippen LogP contribution in [-0.4, -0.2) is 24.9 Å². The first-order valence-corrected chi connectivity index (χ1v) is 10.1. The second-order valence-electron chi connectivity index (χ2n) is 8.80. The van der Waals surface area contributed by atoms with Crippen LogP contribution in [0.15, 0.2) is 28.8 Å². The molecule has 4 saturated carbocycles. The first-order valence-electron chi connectivity index (χ1n) is 10.1. The van der Waals surface area contributed by atoms with Gasteiger partial charge in [0.25, 0.3) is 0 Å². The van der Waals surface area contributed by atoms with Crippen LogP contribution in [0.3, 0.4) is 0 Å². The van der Waals surface area contributed by atoms with Gasteiger partial charge >= 0.3 is 0 Å². The van der Waals surface area contributed by atoms with Gasteiger partial charge in [-0.3, -0.25) is 0 Å². The largest absolute Gasteiger partial charge is 0.497 e. The summed E-state index contributed by atoms with van der Waals surface area (Å²) in [5, 5.41) is 8.18. The maximum absolute atomic E-state index is 5.63. The van der Waals surface area contributed by atoms with Gasteiger partial charge in [0.2, 0.25) is 0 Å². The summed E-state index contributed by atoms with van der Waals surface area (Å²) < 4.78 is 16.4. The normalized spacial score (nSPS) is 31.3. The Morgan fingerprint density at radius 3 is 2.37 bits per heavy atom. The topological polar surface area (TPSA) is 56.5 Å². The van der Waals surface area contributed by atoms with Gasteiger partial charge in [0.1, 0.15) is 11.5 Å². The van der Waals surface area contributed by atoms with Gasteiger partial charge in [-0.25, -0.2) is 0 Å². The molecule has 0 saturated heterocycles. The summed E-state index contributed by atoms with van der Waals surface area (Å²) in [7, 11) is 3.31. The van der Waals surface area contributed by atoms with Crippen molar-refractivity contribution < 1.29 is 14.0 Å². The van der Waals surface area contributed by atoms with Crippen LogP contribution in [0, 0.1) is 17.8 Å². The highest BCUT2D eigenvalue weighted by molar-refractivity contribution is 5.67. The summed E-state index contributed by atoms with van der Waals surface area (Å²) in [6.45, 7) is 0.772. The van der Waals surface area contributed by atoms with Crippen molar-refractivity contribution in [3.8, 4) is 22.8 Å². The van der Waals surface area contributed by atoms with Gasteiger partial charge in [-0.15, -0.1) is 0 Å². The van der Waals surface area contributed by atoms with E-state index in [-0.39, 0.29) is 0 Å². The Morgan fingerprint density at radius 2 is 1.74 bits per heavy atom. The average Bonchev–Trinajstić information content (AvgIpc) is 3.14. The van der Waals surface area contributed by atoms with Crippen LogP contribution in [0.4, 0.5) is 0 Å². The molecule has 5 heteroatoms. The van der Waals surface area contributed by atoms with Crippen LogP contribution in [-0.2, 0) is 6.54 Å². The molecule has 1 aromatic carbocycles. The lowest BCUT2D eigenvalue weighted by molar-refractivity contribution is -0.0208. The fraction of sp³-hybridized carbons (Fsp3) is 0.591. The quantitative estimate of drug-likeness (QED) is 0.818. The maximum atomic E-state index is 5.63. The zero-order valence-corrected chi connectivity index (χ0v) is 16.2. The minimum absolute atomic E-state index is 0.339. The molecule has 4 bridgehead atoms. The number of ether oxygens (including phenoxy) is 2. The molecule has 6 rings (SSSR count). The number of nitrogens with one attached hydrogen (secondary N) is 1. The standard InChI is InChI=1S/C22H28N2O3/c1-25-18-3-4-19(20(9-18)26-2)21-8-17(24-27-21)13-23-22-10-14-5-15(11-22)7-16(6-14)12-22/h3-4,8-9,14-16,23H,5-7,10-13H2,1-2H3. The van der Waals surface area contributed by atoms with Crippen molar-refractivity contribution in [3.63, 3.8) is 0 Å². The predicted octanol–water partition coefficient (Wildman–Crippen LogP) is 4.42. The SMILES string of the molecule is COc1ccc(-c2cc(CNC34CC5CC(CC(C5)C3)C4)no2)c(OC)c1. The van der Waals surface area contributed by atoms with E-state index in [9.17, 15) is 0 Å². The van der Waals surface area contributed by atoms with Gasteiger partial charge < -0.3 is 19.3 Å². The molecule has 144 valence electrons. The predicted molar refractivity (Wildman–Crippen MR) is 103 cm³/mol. The van der Waals surface area contributed by atoms with Gasteiger partial charge in [0.15, 0.2) is 5.76 Å². The molecule has 0 unspecified atom stereocenters. The van der Waals surface area contributed by atoms with E-state index in [1.54, 1.807) is 14.2 Å². The van der Waals surface area contributed by atoms with Gasteiger partial charge in [-0.2, -0.15) is 0 Å². The molecular formula is C22H28N2O3. The molecule has 2 aromatic rings. The summed E-state index contributed by atoms with van der Waals surface area (Å²) in [4.78, 5) is 0.